The Labute approximate surface area is 162 Å². The van der Waals surface area contributed by atoms with Crippen LogP contribution in [-0.2, 0) is 13.2 Å². The van der Waals surface area contributed by atoms with Crippen LogP contribution in [0.2, 0.25) is 0 Å². The number of phenolic OH excluding ortho intramolecular Hbond substituents is 1. The molecule has 3 N–H and O–H groups in total. The quantitative estimate of drug-likeness (QED) is 0.360. The number of aliphatic hydroxyl groups excluding tert-OH is 2. The number of hydrogen-bond donors (Lipinski definition) is 3. The van der Waals surface area contributed by atoms with Gasteiger partial charge in [0.2, 0.25) is 0 Å². The molecule has 5 rings (SSSR count). The predicted molar refractivity (Wildman–Crippen MR) is 106 cm³/mol. The summed E-state index contributed by atoms with van der Waals surface area (Å²) in [5.41, 5.74) is 2.39. The zero-order valence-electron chi connectivity index (χ0n) is 15.7. The van der Waals surface area contributed by atoms with E-state index in [4.69, 9.17) is 4.74 Å². The molecule has 0 aromatic heterocycles. The number of methoxy groups -OCH3 is 1. The Kier molecular flexibility index (Phi) is 3.83. The van der Waals surface area contributed by atoms with E-state index in [1.165, 1.54) is 7.11 Å². The third-order valence-corrected chi connectivity index (χ3v) is 6.54. The Morgan fingerprint density at radius 3 is 2.68 bits per heavy atom. The van der Waals surface area contributed by atoms with Crippen molar-refractivity contribution in [3.8, 4) is 11.5 Å². The lowest BCUT2D eigenvalue weighted by Crippen LogP contribution is -2.51. The van der Waals surface area contributed by atoms with Crippen LogP contribution in [0.3, 0.4) is 0 Å². The van der Waals surface area contributed by atoms with Crippen LogP contribution < -0.4 is 4.74 Å². The van der Waals surface area contributed by atoms with Crippen LogP contribution in [0.25, 0.3) is 21.5 Å². The minimum atomic E-state index is -0.838. The van der Waals surface area contributed by atoms with Crippen molar-refractivity contribution in [3.63, 3.8) is 0 Å². The summed E-state index contributed by atoms with van der Waals surface area (Å²) in [4.78, 5) is 0. The molecule has 6 heteroatoms. The first-order valence-electron chi connectivity index (χ1n) is 9.61. The fourth-order valence-electron chi connectivity index (χ4n) is 5.21. The summed E-state index contributed by atoms with van der Waals surface area (Å²) in [6.07, 6.45) is 0.695. The van der Waals surface area contributed by atoms with Gasteiger partial charge in [-0.25, -0.2) is 0 Å². The summed E-state index contributed by atoms with van der Waals surface area (Å²) < 4.78 is 4.91. The summed E-state index contributed by atoms with van der Waals surface area (Å²) in [5, 5.41) is 47.9. The van der Waals surface area contributed by atoms with Crippen molar-refractivity contribution in [2.75, 3.05) is 13.7 Å². The number of aliphatic hydroxyl groups is 2. The molecule has 6 nitrogen and oxygen atoms in total. The minimum Gasteiger partial charge on any atom is -0.632 e. The molecule has 3 aromatic carbocycles. The molecular weight excluding hydrogens is 358 g/mol. The maximum Gasteiger partial charge on any atom is 0.161 e. The maximum atomic E-state index is 13.4. The monoisotopic (exact) mass is 381 g/mol. The van der Waals surface area contributed by atoms with Gasteiger partial charge in [-0.1, -0.05) is 12.1 Å². The smallest absolute Gasteiger partial charge is 0.161 e. The number of aromatic hydroxyl groups is 1. The summed E-state index contributed by atoms with van der Waals surface area (Å²) in [7, 11) is 1.49. The van der Waals surface area contributed by atoms with Crippen molar-refractivity contribution in [3.05, 3.63) is 52.2 Å². The van der Waals surface area contributed by atoms with Crippen LogP contribution in [0.1, 0.15) is 35.6 Å². The van der Waals surface area contributed by atoms with Crippen LogP contribution >= 0.6 is 0 Å². The Bertz CT molecular complexity index is 1110. The maximum absolute atomic E-state index is 13.4. The zero-order chi connectivity index (χ0) is 19.6. The van der Waals surface area contributed by atoms with Gasteiger partial charge < -0.3 is 29.9 Å². The first-order chi connectivity index (χ1) is 13.5. The van der Waals surface area contributed by atoms with Crippen molar-refractivity contribution < 1.29 is 24.7 Å². The van der Waals surface area contributed by atoms with E-state index >= 15 is 0 Å². The number of fused-ring (bicyclic) bond motifs is 7. The fraction of sp³-hybridized carbons (Fsp3) is 0.364. The molecule has 28 heavy (non-hydrogen) atoms. The second-order valence-electron chi connectivity index (χ2n) is 7.99. The van der Waals surface area contributed by atoms with Crippen LogP contribution in [0.5, 0.6) is 11.5 Å². The molecule has 2 aliphatic heterocycles. The molecule has 146 valence electrons. The van der Waals surface area contributed by atoms with Gasteiger partial charge in [0, 0.05) is 24.0 Å². The van der Waals surface area contributed by atoms with E-state index in [1.807, 2.05) is 18.2 Å². The van der Waals surface area contributed by atoms with Gasteiger partial charge in [-0.05, 0) is 45.3 Å². The van der Waals surface area contributed by atoms with E-state index in [1.54, 1.807) is 12.1 Å². The highest BCUT2D eigenvalue weighted by Crippen LogP contribution is 2.49. The predicted octanol–water partition coefficient (Wildman–Crippen LogP) is 3.22. The molecular formula is C22H23NO5. The van der Waals surface area contributed by atoms with E-state index in [-0.39, 0.29) is 18.4 Å². The van der Waals surface area contributed by atoms with Gasteiger partial charge in [-0.2, -0.15) is 0 Å². The lowest BCUT2D eigenvalue weighted by Gasteiger charge is -2.50. The average Bonchev–Trinajstić information content (AvgIpc) is 3.09. The van der Waals surface area contributed by atoms with Crippen molar-refractivity contribution >= 4 is 21.5 Å². The number of ether oxygens (including phenoxy) is 1. The fourth-order valence-corrected chi connectivity index (χ4v) is 5.21. The number of hydroxylamine groups is 3. The van der Waals surface area contributed by atoms with Crippen LogP contribution in [0.4, 0.5) is 0 Å². The molecule has 1 fully saturated rings. The third kappa shape index (κ3) is 2.29. The number of nitrogens with zero attached hydrogens (tertiary/aromatic N) is 1. The van der Waals surface area contributed by atoms with Gasteiger partial charge in [0.25, 0.3) is 0 Å². The Morgan fingerprint density at radius 2 is 1.93 bits per heavy atom. The highest BCUT2D eigenvalue weighted by molar-refractivity contribution is 6.12. The Morgan fingerprint density at radius 1 is 1.14 bits per heavy atom. The molecule has 0 spiro atoms. The van der Waals surface area contributed by atoms with E-state index in [0.29, 0.717) is 18.8 Å². The molecule has 0 amide bonds. The van der Waals surface area contributed by atoms with Crippen molar-refractivity contribution in [2.45, 2.75) is 38.1 Å². The van der Waals surface area contributed by atoms with E-state index in [2.05, 4.69) is 0 Å². The Balaban J connectivity index is 1.93. The van der Waals surface area contributed by atoms with Gasteiger partial charge >= 0.3 is 0 Å². The van der Waals surface area contributed by atoms with Gasteiger partial charge in [0.05, 0.1) is 20.3 Å². The SMILES string of the molecule is COc1cc2c3c(c4ccc(CO)cc4c2cc1O)[C@H](O)[C@@H]1CCC[N+]1([O-])C3. The van der Waals surface area contributed by atoms with Gasteiger partial charge in [0.1, 0.15) is 18.7 Å². The molecule has 2 heterocycles. The molecule has 1 unspecified atom stereocenters. The first kappa shape index (κ1) is 17.7. The summed E-state index contributed by atoms with van der Waals surface area (Å²) in [5.74, 6) is 0.356. The summed E-state index contributed by atoms with van der Waals surface area (Å²) in [6, 6.07) is 8.69. The Hall–Kier alpha value is -2.38. The molecule has 0 saturated carbocycles. The first-order valence-corrected chi connectivity index (χ1v) is 9.61. The van der Waals surface area contributed by atoms with Crippen LogP contribution in [-0.4, -0.2) is 39.7 Å². The zero-order valence-corrected chi connectivity index (χ0v) is 15.7. The molecule has 0 aliphatic carbocycles. The van der Waals surface area contributed by atoms with Gasteiger partial charge in [-0.3, -0.25) is 0 Å². The van der Waals surface area contributed by atoms with Crippen LogP contribution in [0.15, 0.2) is 30.3 Å². The second-order valence-corrected chi connectivity index (χ2v) is 7.99. The van der Waals surface area contributed by atoms with Gasteiger partial charge in [0.15, 0.2) is 11.5 Å². The number of rotatable bonds is 2. The molecule has 3 atom stereocenters. The number of phenols is 1. The van der Waals surface area contributed by atoms with Crippen molar-refractivity contribution in [1.82, 2.24) is 0 Å². The van der Waals surface area contributed by atoms with E-state index < -0.39 is 10.8 Å². The third-order valence-electron chi connectivity index (χ3n) is 6.54. The lowest BCUT2D eigenvalue weighted by atomic mass is 9.83. The molecule has 0 bridgehead atoms. The highest BCUT2D eigenvalue weighted by atomic mass is 16.6. The number of quaternary nitrogens is 1. The highest BCUT2D eigenvalue weighted by Gasteiger charge is 2.46. The largest absolute Gasteiger partial charge is 0.632 e. The molecule has 0 radical (unpaired) electrons. The summed E-state index contributed by atoms with van der Waals surface area (Å²) in [6.45, 7) is 0.723. The number of benzene rings is 3. The van der Waals surface area contributed by atoms with E-state index in [0.717, 1.165) is 51.1 Å². The normalized spacial score (nSPS) is 26.4. The van der Waals surface area contributed by atoms with E-state index in [9.17, 15) is 20.5 Å². The summed E-state index contributed by atoms with van der Waals surface area (Å²) >= 11 is 0. The second kappa shape index (κ2) is 6.06. The van der Waals surface area contributed by atoms with Gasteiger partial charge in [-0.15, -0.1) is 0 Å². The van der Waals surface area contributed by atoms with Crippen molar-refractivity contribution in [1.29, 1.82) is 0 Å². The molecule has 3 aromatic rings. The number of hydrogen-bond acceptors (Lipinski definition) is 5. The standard InChI is InChI=1S/C22H23NO5/c1-28-20-9-16-15(8-19(20)25)14-7-12(11-24)4-5-13(14)21-17(16)10-23(27)6-2-3-18(23)22(21)26/h4-5,7-9,18,22,24-26H,2-3,6,10-11H2,1H3/t18-,22+,23?/m0/s1. The molecule has 2 aliphatic rings. The topological polar surface area (TPSA) is 93.0 Å². The molecule has 1 saturated heterocycles. The van der Waals surface area contributed by atoms with Crippen LogP contribution in [0, 0.1) is 5.21 Å². The lowest BCUT2D eigenvalue weighted by molar-refractivity contribution is -0.912. The minimum absolute atomic E-state index is 0.0204. The van der Waals surface area contributed by atoms with Crippen molar-refractivity contribution in [2.24, 2.45) is 0 Å². The average molecular weight is 381 g/mol.